The monoisotopic (exact) mass is 510 g/mol. The molecule has 3 rings (SSSR count). The summed E-state index contributed by atoms with van der Waals surface area (Å²) in [4.78, 5) is 27.8. The maximum atomic E-state index is 13.3. The Kier molecular flexibility index (Phi) is 6.62. The number of fused-ring (bicyclic) bond motifs is 1. The van der Waals surface area contributed by atoms with Gasteiger partial charge >= 0.3 is 18.3 Å². The normalized spacial score (nSPS) is 14.0. The van der Waals surface area contributed by atoms with E-state index in [1.54, 1.807) is 0 Å². The first-order valence-corrected chi connectivity index (χ1v) is 10.3. The lowest BCUT2D eigenvalue weighted by molar-refractivity contribution is -0.141. The molecule has 1 unspecified atom stereocenters. The molecule has 5 nitrogen and oxygen atoms in total. The van der Waals surface area contributed by atoms with Gasteiger partial charge in [0, 0.05) is 5.56 Å². The molecule has 1 aromatic heterocycles. The van der Waals surface area contributed by atoms with E-state index in [0.717, 1.165) is 22.8 Å². The molecule has 0 bridgehead atoms. The number of amides is 1. The second-order valence-corrected chi connectivity index (χ2v) is 8.20. The second-order valence-electron chi connectivity index (χ2n) is 6.82. The molecule has 0 spiro atoms. The summed E-state index contributed by atoms with van der Waals surface area (Å²) in [5.74, 6) is -2.53. The molecule has 0 aliphatic heterocycles. The van der Waals surface area contributed by atoms with Crippen LogP contribution in [0.3, 0.4) is 0 Å². The Bertz CT molecular complexity index is 1310. The van der Waals surface area contributed by atoms with Gasteiger partial charge in [0.25, 0.3) is 5.91 Å². The number of carbonyl (C=O) groups is 2. The highest BCUT2D eigenvalue weighted by molar-refractivity contribution is 7.17. The van der Waals surface area contributed by atoms with Gasteiger partial charge in [-0.25, -0.2) is 4.79 Å². The zero-order valence-electron chi connectivity index (χ0n) is 16.5. The number of nitrogens with zero attached hydrogens (tertiary/aromatic N) is 2. The van der Waals surface area contributed by atoms with Gasteiger partial charge in [0.2, 0.25) is 0 Å². The van der Waals surface area contributed by atoms with E-state index in [9.17, 15) is 41.0 Å². The summed E-state index contributed by atoms with van der Waals surface area (Å²) in [6, 6.07) is 3.36. The molecule has 0 fully saturated rings. The van der Waals surface area contributed by atoms with Gasteiger partial charge < -0.3 is 9.67 Å². The first kappa shape index (κ1) is 24.8. The van der Waals surface area contributed by atoms with Gasteiger partial charge in [-0.1, -0.05) is 35.9 Å². The number of hydrogen-bond donors (Lipinski definition) is 1. The minimum atomic E-state index is -4.78. The van der Waals surface area contributed by atoms with Crippen LogP contribution < -0.4 is 4.80 Å². The summed E-state index contributed by atoms with van der Waals surface area (Å²) in [5.41, 5.74) is -2.88. The summed E-state index contributed by atoms with van der Waals surface area (Å²) in [5, 5.41) is 9.24. The fourth-order valence-electron chi connectivity index (χ4n) is 3.09. The van der Waals surface area contributed by atoms with Crippen LogP contribution in [0.2, 0.25) is 5.02 Å². The smallest absolute Gasteiger partial charge is 0.416 e. The maximum Gasteiger partial charge on any atom is 0.416 e. The van der Waals surface area contributed by atoms with E-state index < -0.39 is 47.0 Å². The zero-order valence-corrected chi connectivity index (χ0v) is 18.0. The van der Waals surface area contributed by atoms with Gasteiger partial charge in [-0.05, 0) is 36.8 Å². The minimum absolute atomic E-state index is 0.0416. The Morgan fingerprint density at radius 2 is 1.73 bits per heavy atom. The van der Waals surface area contributed by atoms with Crippen LogP contribution in [0.4, 0.5) is 26.3 Å². The lowest BCUT2D eigenvalue weighted by atomic mass is 10.1. The van der Waals surface area contributed by atoms with E-state index in [1.807, 2.05) is 0 Å². The largest absolute Gasteiger partial charge is 0.480 e. The third-order valence-corrected chi connectivity index (χ3v) is 6.14. The zero-order chi connectivity index (χ0) is 24.7. The molecule has 2 aromatic carbocycles. The number of aliphatic carboxylic acids is 1. The van der Waals surface area contributed by atoms with Crippen molar-refractivity contribution in [1.29, 1.82) is 0 Å². The van der Waals surface area contributed by atoms with E-state index >= 15 is 0 Å². The van der Waals surface area contributed by atoms with Crippen LogP contribution in [-0.2, 0) is 17.1 Å². The summed E-state index contributed by atoms with van der Waals surface area (Å²) >= 11 is 6.66. The highest BCUT2D eigenvalue weighted by atomic mass is 35.5. The van der Waals surface area contributed by atoms with Crippen molar-refractivity contribution in [3.05, 3.63) is 62.9 Å². The van der Waals surface area contributed by atoms with E-state index in [-0.39, 0.29) is 26.5 Å². The Morgan fingerprint density at radius 3 is 2.27 bits per heavy atom. The lowest BCUT2D eigenvalue weighted by Crippen LogP contribution is -2.27. The summed E-state index contributed by atoms with van der Waals surface area (Å²) in [6.45, 7) is 1.46. The molecule has 0 radical (unpaired) electrons. The highest BCUT2D eigenvalue weighted by Gasteiger charge is 2.33. The van der Waals surface area contributed by atoms with Crippen LogP contribution in [0.15, 0.2) is 41.4 Å². The van der Waals surface area contributed by atoms with Crippen molar-refractivity contribution in [3.63, 3.8) is 0 Å². The molecule has 33 heavy (non-hydrogen) atoms. The molecule has 1 heterocycles. The van der Waals surface area contributed by atoms with Crippen molar-refractivity contribution in [1.82, 2.24) is 4.57 Å². The molecule has 0 aliphatic rings. The molecule has 0 aliphatic carbocycles. The van der Waals surface area contributed by atoms with Gasteiger partial charge in [0.15, 0.2) is 4.80 Å². The van der Waals surface area contributed by atoms with Crippen molar-refractivity contribution in [2.75, 3.05) is 0 Å². The number of hydrogen-bond acceptors (Lipinski definition) is 3. The van der Waals surface area contributed by atoms with E-state index in [2.05, 4.69) is 4.99 Å². The Morgan fingerprint density at radius 1 is 1.09 bits per heavy atom. The first-order valence-electron chi connectivity index (χ1n) is 9.15. The molecule has 1 N–H and O–H groups in total. The lowest BCUT2D eigenvalue weighted by Gasteiger charge is -2.15. The molecule has 0 saturated carbocycles. The fourth-order valence-corrected chi connectivity index (χ4v) is 4.47. The van der Waals surface area contributed by atoms with Crippen LogP contribution >= 0.6 is 22.9 Å². The van der Waals surface area contributed by atoms with Crippen LogP contribution in [0.1, 0.15) is 40.9 Å². The number of carbonyl (C=O) groups excluding carboxylic acids is 1. The van der Waals surface area contributed by atoms with Crippen molar-refractivity contribution in [2.45, 2.75) is 31.7 Å². The summed E-state index contributed by atoms with van der Waals surface area (Å²) < 4.78 is 79.7. The summed E-state index contributed by atoms with van der Waals surface area (Å²) in [6.07, 6.45) is -9.58. The quantitative estimate of drug-likeness (QED) is 0.427. The van der Waals surface area contributed by atoms with E-state index in [0.29, 0.717) is 29.5 Å². The Labute approximate surface area is 190 Å². The molecule has 1 amide bonds. The number of aromatic nitrogens is 1. The van der Waals surface area contributed by atoms with Gasteiger partial charge in [-0.3, -0.25) is 4.79 Å². The Hall–Kier alpha value is -2.86. The molecular formula is C20H13ClF6N2O3S. The molecule has 0 saturated heterocycles. The predicted molar refractivity (Wildman–Crippen MR) is 108 cm³/mol. The molecule has 13 heteroatoms. The number of thiazole rings is 1. The topological polar surface area (TPSA) is 71.7 Å². The van der Waals surface area contributed by atoms with Gasteiger partial charge in [0.05, 0.1) is 26.4 Å². The van der Waals surface area contributed by atoms with Crippen molar-refractivity contribution >= 4 is 45.0 Å². The van der Waals surface area contributed by atoms with Gasteiger partial charge in [-0.2, -0.15) is 31.3 Å². The minimum Gasteiger partial charge on any atom is -0.480 e. The second kappa shape index (κ2) is 8.82. The third kappa shape index (κ3) is 5.06. The molecule has 3 aromatic rings. The van der Waals surface area contributed by atoms with Crippen LogP contribution in [0, 0.1) is 0 Å². The summed E-state index contributed by atoms with van der Waals surface area (Å²) in [7, 11) is 0. The number of rotatable bonds is 4. The fraction of sp³-hybridized carbons (Fsp3) is 0.250. The number of halogens is 7. The number of benzene rings is 2. The average Bonchev–Trinajstić information content (AvgIpc) is 3.06. The first-order chi connectivity index (χ1) is 15.2. The van der Waals surface area contributed by atoms with Crippen LogP contribution in [-0.4, -0.2) is 21.6 Å². The highest BCUT2D eigenvalue weighted by Crippen LogP contribution is 2.37. The standard InChI is InChI=1S/C20H13ClF6N2O3S/c1-2-13(17(31)32)29-14-8-11(20(25,26)27)7-12(21)15(14)33-18(29)28-16(30)9-4-3-5-10(6-9)19(22,23)24/h3-8,13H,2H2,1H3,(H,31,32)/b28-18-. The number of carboxylic acids is 1. The SMILES string of the molecule is CCC(C(=O)O)n1/c(=N/C(=O)c2cccc(C(F)(F)F)c2)sc2c(Cl)cc(C(F)(F)F)cc21. The third-order valence-electron chi connectivity index (χ3n) is 4.63. The average molecular weight is 511 g/mol. The Balaban J connectivity index is 2.30. The molecule has 176 valence electrons. The van der Waals surface area contributed by atoms with E-state index in [4.69, 9.17) is 11.6 Å². The number of carboxylic acid groups (broad SMARTS) is 1. The maximum absolute atomic E-state index is 13.3. The van der Waals surface area contributed by atoms with Crippen LogP contribution in [0.5, 0.6) is 0 Å². The predicted octanol–water partition coefficient (Wildman–Crippen LogP) is 6.17. The van der Waals surface area contributed by atoms with Crippen molar-refractivity contribution < 1.29 is 41.0 Å². The van der Waals surface area contributed by atoms with Crippen molar-refractivity contribution in [3.8, 4) is 0 Å². The molecular weight excluding hydrogens is 498 g/mol. The molecule has 1 atom stereocenters. The van der Waals surface area contributed by atoms with Crippen molar-refractivity contribution in [2.24, 2.45) is 4.99 Å². The van der Waals surface area contributed by atoms with E-state index in [1.165, 1.54) is 6.92 Å². The van der Waals surface area contributed by atoms with Gasteiger partial charge in [0.1, 0.15) is 6.04 Å². The number of alkyl halides is 6. The van der Waals surface area contributed by atoms with Gasteiger partial charge in [-0.15, -0.1) is 0 Å². The van der Waals surface area contributed by atoms with Crippen LogP contribution in [0.25, 0.3) is 10.2 Å².